The Hall–Kier alpha value is -1.06. The van der Waals surface area contributed by atoms with E-state index in [1.807, 2.05) is 0 Å². The van der Waals surface area contributed by atoms with Crippen LogP contribution in [0, 0.1) is 13.8 Å². The van der Waals surface area contributed by atoms with Crippen molar-refractivity contribution >= 4 is 5.69 Å². The van der Waals surface area contributed by atoms with Crippen molar-refractivity contribution in [2.45, 2.75) is 39.4 Å². The minimum absolute atomic E-state index is 0.263. The number of rotatable bonds is 3. The molecule has 1 aliphatic heterocycles. The van der Waals surface area contributed by atoms with E-state index in [-0.39, 0.29) is 12.2 Å². The molecule has 1 fully saturated rings. The Balaban J connectivity index is 2.15. The second-order valence-electron chi connectivity index (χ2n) is 5.40. The van der Waals surface area contributed by atoms with Gasteiger partial charge in [-0.2, -0.15) is 0 Å². The minimum Gasteiger partial charge on any atom is -0.372 e. The summed E-state index contributed by atoms with van der Waals surface area (Å²) in [4.78, 5) is 2.43. The smallest absolute Gasteiger partial charge is 0.0766 e. The van der Waals surface area contributed by atoms with Gasteiger partial charge in [-0.3, -0.25) is 0 Å². The molecule has 2 rings (SSSR count). The minimum atomic E-state index is 0.263. The van der Waals surface area contributed by atoms with Gasteiger partial charge >= 0.3 is 0 Å². The van der Waals surface area contributed by atoms with E-state index in [0.717, 1.165) is 19.5 Å². The highest BCUT2D eigenvalue weighted by Crippen LogP contribution is 2.23. The summed E-state index contributed by atoms with van der Waals surface area (Å²) >= 11 is 0. The zero-order chi connectivity index (χ0) is 13.1. The largest absolute Gasteiger partial charge is 0.372 e. The van der Waals surface area contributed by atoms with Gasteiger partial charge in [0, 0.05) is 18.8 Å². The molecule has 0 aromatic heterocycles. The highest BCUT2D eigenvalue weighted by molar-refractivity contribution is 5.51. The van der Waals surface area contributed by atoms with Crippen molar-refractivity contribution in [2.75, 3.05) is 24.5 Å². The molecule has 0 aliphatic carbocycles. The van der Waals surface area contributed by atoms with Gasteiger partial charge in [0.15, 0.2) is 0 Å². The predicted molar refractivity (Wildman–Crippen MR) is 76.1 cm³/mol. The van der Waals surface area contributed by atoms with Crippen molar-refractivity contribution in [3.63, 3.8) is 0 Å². The third kappa shape index (κ3) is 3.24. The molecule has 1 aromatic rings. The van der Waals surface area contributed by atoms with E-state index in [0.29, 0.717) is 6.54 Å². The molecule has 18 heavy (non-hydrogen) atoms. The summed E-state index contributed by atoms with van der Waals surface area (Å²) in [6.07, 6.45) is 1.47. The van der Waals surface area contributed by atoms with Gasteiger partial charge in [-0.05, 0) is 57.0 Å². The normalized spacial score (nSPS) is 24.3. The maximum atomic E-state index is 5.92. The molecular formula is C15H24N2O. The lowest BCUT2D eigenvalue weighted by atomic mass is 10.1. The van der Waals surface area contributed by atoms with Crippen LogP contribution in [0.3, 0.4) is 0 Å². The summed E-state index contributed by atoms with van der Waals surface area (Å²) in [6.45, 7) is 9.04. The standard InChI is InChI=1S/C15H24N2O/c1-11-6-12(2)8-14(7-11)17-9-13(3)18-15(10-17)4-5-16/h6-8,13,15H,4-5,9-10,16H2,1-3H3. The monoisotopic (exact) mass is 248 g/mol. The van der Waals surface area contributed by atoms with Crippen LogP contribution in [0.1, 0.15) is 24.5 Å². The highest BCUT2D eigenvalue weighted by Gasteiger charge is 2.24. The van der Waals surface area contributed by atoms with Gasteiger partial charge < -0.3 is 15.4 Å². The number of hydrogen-bond acceptors (Lipinski definition) is 3. The van der Waals surface area contributed by atoms with Crippen LogP contribution in [-0.4, -0.2) is 31.8 Å². The summed E-state index contributed by atoms with van der Waals surface area (Å²) in [5, 5.41) is 0. The van der Waals surface area contributed by atoms with Crippen molar-refractivity contribution < 1.29 is 4.74 Å². The van der Waals surface area contributed by atoms with Crippen molar-refractivity contribution in [3.8, 4) is 0 Å². The van der Waals surface area contributed by atoms with E-state index in [4.69, 9.17) is 10.5 Å². The third-order valence-electron chi connectivity index (χ3n) is 3.39. The molecule has 3 nitrogen and oxygen atoms in total. The number of anilines is 1. The highest BCUT2D eigenvalue weighted by atomic mass is 16.5. The van der Waals surface area contributed by atoms with E-state index in [1.165, 1.54) is 16.8 Å². The first-order valence-electron chi connectivity index (χ1n) is 6.77. The second-order valence-corrected chi connectivity index (χ2v) is 5.40. The number of aryl methyl sites for hydroxylation is 2. The molecule has 3 heteroatoms. The van der Waals surface area contributed by atoms with E-state index >= 15 is 0 Å². The first-order valence-corrected chi connectivity index (χ1v) is 6.77. The molecule has 0 saturated carbocycles. The predicted octanol–water partition coefficient (Wildman–Crippen LogP) is 2.25. The van der Waals surface area contributed by atoms with Crippen LogP contribution >= 0.6 is 0 Å². The third-order valence-corrected chi connectivity index (χ3v) is 3.39. The van der Waals surface area contributed by atoms with Crippen molar-refractivity contribution in [1.82, 2.24) is 0 Å². The van der Waals surface area contributed by atoms with Crippen molar-refractivity contribution in [1.29, 1.82) is 0 Å². The van der Waals surface area contributed by atoms with Crippen LogP contribution in [0.2, 0.25) is 0 Å². The molecule has 1 heterocycles. The van der Waals surface area contributed by atoms with Crippen LogP contribution in [0.4, 0.5) is 5.69 Å². The molecule has 0 amide bonds. The molecule has 100 valence electrons. The lowest BCUT2D eigenvalue weighted by Crippen LogP contribution is -2.47. The number of benzene rings is 1. The Morgan fingerprint density at radius 2 is 1.89 bits per heavy atom. The van der Waals surface area contributed by atoms with Crippen molar-refractivity contribution in [2.24, 2.45) is 5.73 Å². The Bertz CT molecular complexity index is 385. The van der Waals surface area contributed by atoms with Crippen LogP contribution in [0.15, 0.2) is 18.2 Å². The molecule has 0 bridgehead atoms. The average Bonchev–Trinajstić information content (AvgIpc) is 2.27. The van der Waals surface area contributed by atoms with Crippen LogP contribution in [0.25, 0.3) is 0 Å². The number of nitrogens with zero attached hydrogens (tertiary/aromatic N) is 1. The maximum Gasteiger partial charge on any atom is 0.0766 e. The molecule has 1 saturated heterocycles. The molecule has 2 N–H and O–H groups in total. The van der Waals surface area contributed by atoms with Gasteiger partial charge in [0.05, 0.1) is 12.2 Å². The van der Waals surface area contributed by atoms with E-state index < -0.39 is 0 Å². The average molecular weight is 248 g/mol. The summed E-state index contributed by atoms with van der Waals surface area (Å²) in [6, 6.07) is 6.72. The Morgan fingerprint density at radius 1 is 1.22 bits per heavy atom. The van der Waals surface area contributed by atoms with Crippen LogP contribution < -0.4 is 10.6 Å². The Labute approximate surface area is 110 Å². The molecule has 1 aromatic carbocycles. The summed E-state index contributed by atoms with van der Waals surface area (Å²) < 4.78 is 5.92. The summed E-state index contributed by atoms with van der Waals surface area (Å²) in [7, 11) is 0. The van der Waals surface area contributed by atoms with Gasteiger partial charge in [-0.1, -0.05) is 6.07 Å². The van der Waals surface area contributed by atoms with Crippen LogP contribution in [0.5, 0.6) is 0 Å². The van der Waals surface area contributed by atoms with Gasteiger partial charge in [-0.25, -0.2) is 0 Å². The first-order chi connectivity index (χ1) is 8.58. The Kier molecular flexibility index (Phi) is 4.25. The second kappa shape index (κ2) is 5.72. The number of nitrogens with two attached hydrogens (primary N) is 1. The molecule has 2 atom stereocenters. The van der Waals surface area contributed by atoms with Gasteiger partial charge in [-0.15, -0.1) is 0 Å². The fraction of sp³-hybridized carbons (Fsp3) is 0.600. The molecular weight excluding hydrogens is 224 g/mol. The fourth-order valence-electron chi connectivity index (χ4n) is 2.73. The summed E-state index contributed by atoms with van der Waals surface area (Å²) in [5.41, 5.74) is 9.59. The van der Waals surface area contributed by atoms with Gasteiger partial charge in [0.25, 0.3) is 0 Å². The van der Waals surface area contributed by atoms with Gasteiger partial charge in [0.2, 0.25) is 0 Å². The number of hydrogen-bond donors (Lipinski definition) is 1. The fourth-order valence-corrected chi connectivity index (χ4v) is 2.73. The van der Waals surface area contributed by atoms with E-state index in [1.54, 1.807) is 0 Å². The first kappa shape index (κ1) is 13.4. The molecule has 0 radical (unpaired) electrons. The van der Waals surface area contributed by atoms with Crippen LogP contribution in [-0.2, 0) is 4.74 Å². The Morgan fingerprint density at radius 3 is 2.50 bits per heavy atom. The zero-order valence-electron chi connectivity index (χ0n) is 11.6. The topological polar surface area (TPSA) is 38.5 Å². The quantitative estimate of drug-likeness (QED) is 0.891. The van der Waals surface area contributed by atoms with Crippen molar-refractivity contribution in [3.05, 3.63) is 29.3 Å². The lowest BCUT2D eigenvalue weighted by Gasteiger charge is -2.38. The SMILES string of the molecule is Cc1cc(C)cc(N2CC(C)OC(CCN)C2)c1. The van der Waals surface area contributed by atoms with E-state index in [2.05, 4.69) is 43.9 Å². The maximum absolute atomic E-state index is 5.92. The lowest BCUT2D eigenvalue weighted by molar-refractivity contribution is -0.0183. The molecule has 2 unspecified atom stereocenters. The number of morpholine rings is 1. The van der Waals surface area contributed by atoms with Gasteiger partial charge in [0.1, 0.15) is 0 Å². The summed E-state index contributed by atoms with van der Waals surface area (Å²) in [5.74, 6) is 0. The number of ether oxygens (including phenoxy) is 1. The van der Waals surface area contributed by atoms with E-state index in [9.17, 15) is 0 Å². The molecule has 0 spiro atoms. The molecule has 1 aliphatic rings. The zero-order valence-corrected chi connectivity index (χ0v) is 11.6.